The van der Waals surface area contributed by atoms with Gasteiger partial charge in [-0.2, -0.15) is 0 Å². The smallest absolute Gasteiger partial charge is 0.283 e. The SMILES string of the molecule is O=C(NC(=O)c1ccccc1)Nc1ncc(Br)s1. The number of hydrogen-bond donors (Lipinski definition) is 2. The summed E-state index contributed by atoms with van der Waals surface area (Å²) in [4.78, 5) is 27.1. The van der Waals surface area contributed by atoms with E-state index in [1.165, 1.54) is 11.3 Å². The molecule has 2 rings (SSSR count). The number of nitrogens with zero attached hydrogens (tertiary/aromatic N) is 1. The predicted octanol–water partition coefficient (Wildman–Crippen LogP) is 2.87. The van der Waals surface area contributed by atoms with Gasteiger partial charge in [-0.1, -0.05) is 29.5 Å². The molecule has 2 N–H and O–H groups in total. The van der Waals surface area contributed by atoms with E-state index in [9.17, 15) is 9.59 Å². The van der Waals surface area contributed by atoms with E-state index < -0.39 is 11.9 Å². The van der Waals surface area contributed by atoms with Crippen LogP contribution in [-0.2, 0) is 0 Å². The van der Waals surface area contributed by atoms with Crippen LogP contribution in [0.15, 0.2) is 40.3 Å². The van der Waals surface area contributed by atoms with Gasteiger partial charge in [0.05, 0.1) is 9.98 Å². The third-order valence-electron chi connectivity index (χ3n) is 1.96. The molecular weight excluding hydrogens is 318 g/mol. The number of imide groups is 1. The summed E-state index contributed by atoms with van der Waals surface area (Å²) in [6, 6.07) is 7.90. The Labute approximate surface area is 115 Å². The number of carbonyl (C=O) groups excluding carboxylic acids is 2. The standard InChI is InChI=1S/C11H8BrN3O2S/c12-8-6-13-11(18-8)15-10(17)14-9(16)7-4-2-1-3-5-7/h1-6H,(H2,13,14,15,16,17). The lowest BCUT2D eigenvalue weighted by molar-refractivity contribution is 0.0967. The zero-order valence-corrected chi connectivity index (χ0v) is 11.4. The Bertz CT molecular complexity index is 571. The molecule has 0 saturated carbocycles. The summed E-state index contributed by atoms with van der Waals surface area (Å²) in [6.07, 6.45) is 1.57. The molecule has 0 fully saturated rings. The van der Waals surface area contributed by atoms with Gasteiger partial charge in [-0.3, -0.25) is 15.4 Å². The number of benzene rings is 1. The van der Waals surface area contributed by atoms with Gasteiger partial charge in [-0.05, 0) is 28.1 Å². The lowest BCUT2D eigenvalue weighted by Crippen LogP contribution is -2.34. The summed E-state index contributed by atoms with van der Waals surface area (Å²) in [5, 5.41) is 5.10. The van der Waals surface area contributed by atoms with Crippen molar-refractivity contribution < 1.29 is 9.59 Å². The van der Waals surface area contributed by atoms with Gasteiger partial charge in [0.25, 0.3) is 5.91 Å². The Hall–Kier alpha value is -1.73. The first kappa shape index (κ1) is 12.7. The van der Waals surface area contributed by atoms with Crippen molar-refractivity contribution in [1.29, 1.82) is 0 Å². The van der Waals surface area contributed by atoms with E-state index in [0.717, 1.165) is 3.79 Å². The zero-order chi connectivity index (χ0) is 13.0. The van der Waals surface area contributed by atoms with Gasteiger partial charge in [0.2, 0.25) is 0 Å². The minimum atomic E-state index is -0.606. The van der Waals surface area contributed by atoms with Gasteiger partial charge in [-0.25, -0.2) is 9.78 Å². The Kier molecular flexibility index (Phi) is 4.06. The monoisotopic (exact) mass is 325 g/mol. The molecule has 1 aromatic heterocycles. The number of carbonyl (C=O) groups is 2. The minimum absolute atomic E-state index is 0.417. The zero-order valence-electron chi connectivity index (χ0n) is 9.01. The summed E-state index contributed by atoms with van der Waals surface area (Å²) in [6.45, 7) is 0. The maximum Gasteiger partial charge on any atom is 0.327 e. The van der Waals surface area contributed by atoms with E-state index in [0.29, 0.717) is 10.7 Å². The molecule has 18 heavy (non-hydrogen) atoms. The lowest BCUT2D eigenvalue weighted by atomic mass is 10.2. The summed E-state index contributed by atoms with van der Waals surface area (Å²) < 4.78 is 0.798. The molecule has 0 spiro atoms. The van der Waals surface area contributed by atoms with Crippen LogP contribution >= 0.6 is 27.3 Å². The molecule has 3 amide bonds. The van der Waals surface area contributed by atoms with Gasteiger partial charge in [0.1, 0.15) is 0 Å². The molecule has 0 unspecified atom stereocenters. The Morgan fingerprint density at radius 2 is 1.94 bits per heavy atom. The molecule has 0 atom stereocenters. The molecular formula is C11H8BrN3O2S. The molecule has 2 aromatic rings. The number of nitrogens with one attached hydrogen (secondary N) is 2. The Morgan fingerprint density at radius 3 is 2.56 bits per heavy atom. The molecule has 7 heteroatoms. The maximum atomic E-state index is 11.7. The number of halogens is 1. The van der Waals surface area contributed by atoms with Crippen molar-refractivity contribution in [1.82, 2.24) is 10.3 Å². The number of anilines is 1. The van der Waals surface area contributed by atoms with Crippen LogP contribution in [0.4, 0.5) is 9.93 Å². The first-order valence-corrected chi connectivity index (χ1v) is 6.55. The van der Waals surface area contributed by atoms with Crippen LogP contribution in [0.2, 0.25) is 0 Å². The second-order valence-corrected chi connectivity index (χ2v) is 5.65. The van der Waals surface area contributed by atoms with Crippen LogP contribution in [0.1, 0.15) is 10.4 Å². The van der Waals surface area contributed by atoms with Gasteiger partial charge < -0.3 is 0 Å². The summed E-state index contributed by atoms with van der Waals surface area (Å²) >= 11 is 4.49. The summed E-state index contributed by atoms with van der Waals surface area (Å²) in [5.41, 5.74) is 0.424. The number of urea groups is 1. The largest absolute Gasteiger partial charge is 0.327 e. The second kappa shape index (κ2) is 5.74. The molecule has 0 aliphatic carbocycles. The normalized spacial score (nSPS) is 9.83. The molecule has 0 aliphatic rings. The quantitative estimate of drug-likeness (QED) is 0.891. The van der Waals surface area contributed by atoms with Crippen molar-refractivity contribution in [3.8, 4) is 0 Å². The Morgan fingerprint density at radius 1 is 1.22 bits per heavy atom. The highest BCUT2D eigenvalue weighted by atomic mass is 79.9. The number of rotatable bonds is 2. The van der Waals surface area contributed by atoms with E-state index in [-0.39, 0.29) is 0 Å². The van der Waals surface area contributed by atoms with Crippen molar-refractivity contribution in [3.05, 3.63) is 45.9 Å². The topological polar surface area (TPSA) is 71.1 Å². The van der Waals surface area contributed by atoms with E-state index in [2.05, 4.69) is 31.5 Å². The maximum absolute atomic E-state index is 11.7. The van der Waals surface area contributed by atoms with Crippen LogP contribution in [0, 0.1) is 0 Å². The highest BCUT2D eigenvalue weighted by Gasteiger charge is 2.11. The van der Waals surface area contributed by atoms with Gasteiger partial charge >= 0.3 is 6.03 Å². The highest BCUT2D eigenvalue weighted by molar-refractivity contribution is 9.11. The van der Waals surface area contributed by atoms with Gasteiger partial charge in [0, 0.05) is 5.56 Å². The highest BCUT2D eigenvalue weighted by Crippen LogP contribution is 2.22. The van der Waals surface area contributed by atoms with Crippen LogP contribution in [0.3, 0.4) is 0 Å². The van der Waals surface area contributed by atoms with E-state index >= 15 is 0 Å². The fourth-order valence-electron chi connectivity index (χ4n) is 1.21. The van der Waals surface area contributed by atoms with Crippen LogP contribution in [0.25, 0.3) is 0 Å². The van der Waals surface area contributed by atoms with Gasteiger partial charge in [0.15, 0.2) is 5.13 Å². The number of hydrogen-bond acceptors (Lipinski definition) is 4. The first-order valence-electron chi connectivity index (χ1n) is 4.94. The third-order valence-corrected chi connectivity index (χ3v) is 3.35. The number of amides is 3. The molecule has 0 saturated heterocycles. The molecule has 1 aromatic carbocycles. The summed E-state index contributed by atoms with van der Waals surface area (Å²) in [5.74, 6) is -0.455. The molecule has 0 bridgehead atoms. The van der Waals surface area contributed by atoms with Crippen molar-refractivity contribution >= 4 is 44.3 Å². The molecule has 1 heterocycles. The van der Waals surface area contributed by atoms with E-state index in [1.54, 1.807) is 36.5 Å². The number of aromatic nitrogens is 1. The van der Waals surface area contributed by atoms with Crippen molar-refractivity contribution in [2.24, 2.45) is 0 Å². The van der Waals surface area contributed by atoms with Crippen LogP contribution in [-0.4, -0.2) is 16.9 Å². The predicted molar refractivity (Wildman–Crippen MR) is 72.7 cm³/mol. The second-order valence-electron chi connectivity index (χ2n) is 3.24. The fourth-order valence-corrected chi connectivity index (χ4v) is 2.31. The third kappa shape index (κ3) is 3.38. The average molecular weight is 326 g/mol. The minimum Gasteiger partial charge on any atom is -0.283 e. The summed E-state index contributed by atoms with van der Waals surface area (Å²) in [7, 11) is 0. The number of thiazole rings is 1. The van der Waals surface area contributed by atoms with Crippen molar-refractivity contribution in [3.63, 3.8) is 0 Å². The van der Waals surface area contributed by atoms with Gasteiger partial charge in [-0.15, -0.1) is 0 Å². The lowest BCUT2D eigenvalue weighted by Gasteiger charge is -2.03. The van der Waals surface area contributed by atoms with E-state index in [1.807, 2.05) is 0 Å². The van der Waals surface area contributed by atoms with Crippen molar-refractivity contribution in [2.45, 2.75) is 0 Å². The molecule has 0 radical (unpaired) electrons. The van der Waals surface area contributed by atoms with E-state index in [4.69, 9.17) is 0 Å². The first-order chi connectivity index (χ1) is 8.65. The fraction of sp³-hybridized carbons (Fsp3) is 0. The van der Waals surface area contributed by atoms with Crippen molar-refractivity contribution in [2.75, 3.05) is 5.32 Å². The van der Waals surface area contributed by atoms with Crippen LogP contribution in [0.5, 0.6) is 0 Å². The average Bonchev–Trinajstić information content (AvgIpc) is 2.75. The molecule has 92 valence electrons. The molecule has 0 aliphatic heterocycles. The van der Waals surface area contributed by atoms with Crippen LogP contribution < -0.4 is 10.6 Å². The molecule has 5 nitrogen and oxygen atoms in total. The Balaban J connectivity index is 1.94.